The third-order valence-corrected chi connectivity index (χ3v) is 5.78. The highest BCUT2D eigenvalue weighted by atomic mass is 19.1. The molecule has 1 aromatic heterocycles. The second kappa shape index (κ2) is 9.36. The first-order chi connectivity index (χ1) is 14.6. The minimum atomic E-state index is -0.510. The van der Waals surface area contributed by atoms with Crippen LogP contribution in [0.2, 0.25) is 0 Å². The van der Waals surface area contributed by atoms with E-state index in [1.54, 1.807) is 6.33 Å². The first-order valence-corrected chi connectivity index (χ1v) is 10.6. The van der Waals surface area contributed by atoms with Gasteiger partial charge in [-0.1, -0.05) is 0 Å². The summed E-state index contributed by atoms with van der Waals surface area (Å²) in [5, 5.41) is 6.09. The van der Waals surface area contributed by atoms with Crippen molar-refractivity contribution < 1.29 is 13.6 Å². The lowest BCUT2D eigenvalue weighted by Gasteiger charge is -2.32. The lowest BCUT2D eigenvalue weighted by atomic mass is 9.92. The van der Waals surface area contributed by atoms with E-state index in [1.807, 2.05) is 6.07 Å². The molecule has 2 aliphatic rings. The number of carbonyl (C=O) groups excluding carboxylic acids is 1. The van der Waals surface area contributed by atoms with Gasteiger partial charge in [0.05, 0.1) is 0 Å². The highest BCUT2D eigenvalue weighted by Gasteiger charge is 2.23. The molecular formula is C22H27F2N5O. The van der Waals surface area contributed by atoms with Gasteiger partial charge in [0, 0.05) is 43.7 Å². The largest absolute Gasteiger partial charge is 0.367 e. The molecule has 0 radical (unpaired) electrons. The maximum Gasteiger partial charge on any atom is 0.220 e. The first-order valence-electron chi connectivity index (χ1n) is 10.6. The summed E-state index contributed by atoms with van der Waals surface area (Å²) in [6.45, 7) is 1.81. The minimum Gasteiger partial charge on any atom is -0.367 e. The van der Waals surface area contributed by atoms with Gasteiger partial charge < -0.3 is 15.5 Å². The summed E-state index contributed by atoms with van der Waals surface area (Å²) in [7, 11) is 0. The van der Waals surface area contributed by atoms with Gasteiger partial charge in [-0.25, -0.2) is 18.7 Å². The van der Waals surface area contributed by atoms with Crippen molar-refractivity contribution in [3.63, 3.8) is 0 Å². The molecule has 0 spiro atoms. The highest BCUT2D eigenvalue weighted by molar-refractivity contribution is 5.75. The third kappa shape index (κ3) is 5.64. The Morgan fingerprint density at radius 3 is 2.67 bits per heavy atom. The molecular weight excluding hydrogens is 388 g/mol. The van der Waals surface area contributed by atoms with Crippen molar-refractivity contribution in [2.24, 2.45) is 5.92 Å². The maximum absolute atomic E-state index is 13.6. The number of hydrogen-bond acceptors (Lipinski definition) is 5. The van der Waals surface area contributed by atoms with Crippen LogP contribution in [0.15, 0.2) is 30.6 Å². The summed E-state index contributed by atoms with van der Waals surface area (Å²) in [5.41, 5.74) is 0.164. The van der Waals surface area contributed by atoms with Crippen LogP contribution in [0.3, 0.4) is 0 Å². The molecule has 2 aromatic rings. The molecule has 0 atom stereocenters. The van der Waals surface area contributed by atoms with E-state index in [-0.39, 0.29) is 18.0 Å². The average molecular weight is 415 g/mol. The molecule has 2 fully saturated rings. The predicted molar refractivity (Wildman–Crippen MR) is 111 cm³/mol. The molecule has 1 aliphatic heterocycles. The predicted octanol–water partition coefficient (Wildman–Crippen LogP) is 3.64. The van der Waals surface area contributed by atoms with E-state index in [0.717, 1.165) is 62.2 Å². The number of anilines is 2. The van der Waals surface area contributed by atoms with Gasteiger partial charge in [-0.3, -0.25) is 4.79 Å². The quantitative estimate of drug-likeness (QED) is 0.689. The molecule has 1 aliphatic carbocycles. The number of piperidine rings is 1. The van der Waals surface area contributed by atoms with E-state index in [2.05, 4.69) is 25.5 Å². The zero-order valence-electron chi connectivity index (χ0n) is 16.9. The number of hydrogen-bond donors (Lipinski definition) is 2. The van der Waals surface area contributed by atoms with Crippen molar-refractivity contribution in [3.05, 3.63) is 47.8 Å². The fraction of sp³-hybridized carbons (Fsp3) is 0.500. The summed E-state index contributed by atoms with van der Waals surface area (Å²) in [6.07, 6.45) is 7.21. The maximum atomic E-state index is 13.6. The lowest BCUT2D eigenvalue weighted by molar-refractivity contribution is -0.121. The van der Waals surface area contributed by atoms with Gasteiger partial charge in [-0.15, -0.1) is 0 Å². The van der Waals surface area contributed by atoms with Gasteiger partial charge in [-0.05, 0) is 56.2 Å². The van der Waals surface area contributed by atoms with Crippen molar-refractivity contribution >= 4 is 17.5 Å². The van der Waals surface area contributed by atoms with Crippen LogP contribution in [0.1, 0.15) is 44.1 Å². The van der Waals surface area contributed by atoms with Crippen LogP contribution in [-0.4, -0.2) is 35.0 Å². The number of benzene rings is 1. The molecule has 2 heterocycles. The van der Waals surface area contributed by atoms with Gasteiger partial charge in [0.15, 0.2) is 0 Å². The van der Waals surface area contributed by atoms with Crippen molar-refractivity contribution in [1.29, 1.82) is 0 Å². The molecule has 0 unspecified atom stereocenters. The number of nitrogens with zero attached hydrogens (tertiary/aromatic N) is 3. The monoisotopic (exact) mass is 415 g/mol. The van der Waals surface area contributed by atoms with Gasteiger partial charge in [-0.2, -0.15) is 0 Å². The molecule has 4 rings (SSSR count). The topological polar surface area (TPSA) is 70.2 Å². The molecule has 1 saturated carbocycles. The second-order valence-electron chi connectivity index (χ2n) is 8.16. The molecule has 30 heavy (non-hydrogen) atoms. The van der Waals surface area contributed by atoms with Gasteiger partial charge in [0.1, 0.15) is 29.6 Å². The van der Waals surface area contributed by atoms with E-state index in [1.165, 1.54) is 12.8 Å². The Bertz CT molecular complexity index is 882. The summed E-state index contributed by atoms with van der Waals surface area (Å²) < 4.78 is 26.8. The van der Waals surface area contributed by atoms with Gasteiger partial charge >= 0.3 is 0 Å². The lowest BCUT2D eigenvalue weighted by Crippen LogP contribution is -2.34. The summed E-state index contributed by atoms with van der Waals surface area (Å²) in [6, 6.07) is 5.83. The van der Waals surface area contributed by atoms with E-state index in [4.69, 9.17) is 0 Å². The molecule has 0 bridgehead atoms. The summed E-state index contributed by atoms with van der Waals surface area (Å²) in [5.74, 6) is 1.16. The average Bonchev–Trinajstić information content (AvgIpc) is 3.57. The summed E-state index contributed by atoms with van der Waals surface area (Å²) in [4.78, 5) is 23.1. The Morgan fingerprint density at radius 2 is 1.90 bits per heavy atom. The number of rotatable bonds is 8. The molecule has 1 saturated heterocycles. The SMILES string of the molecule is O=C(CCC1CCN(c2cc(NC3CC3)ncn2)CC1)NCc1cc(F)ccc1F. The van der Waals surface area contributed by atoms with Crippen molar-refractivity contribution in [2.45, 2.75) is 51.1 Å². The first kappa shape index (κ1) is 20.5. The van der Waals surface area contributed by atoms with Crippen molar-refractivity contribution in [2.75, 3.05) is 23.3 Å². The van der Waals surface area contributed by atoms with Crippen molar-refractivity contribution in [3.8, 4) is 0 Å². The van der Waals surface area contributed by atoms with Crippen LogP contribution in [0.25, 0.3) is 0 Å². The molecule has 1 amide bonds. The molecule has 8 heteroatoms. The Labute approximate surface area is 175 Å². The number of carbonyl (C=O) groups is 1. The normalized spacial score (nSPS) is 17.1. The Morgan fingerprint density at radius 1 is 1.10 bits per heavy atom. The number of halogens is 2. The molecule has 6 nitrogen and oxygen atoms in total. The number of amides is 1. The fourth-order valence-corrected chi connectivity index (χ4v) is 3.78. The van der Waals surface area contributed by atoms with Crippen LogP contribution in [0, 0.1) is 17.6 Å². The van der Waals surface area contributed by atoms with E-state index in [0.29, 0.717) is 18.4 Å². The minimum absolute atomic E-state index is 0.00576. The molecule has 2 N–H and O–H groups in total. The Hall–Kier alpha value is -2.77. The van der Waals surface area contributed by atoms with Crippen LogP contribution in [-0.2, 0) is 11.3 Å². The smallest absolute Gasteiger partial charge is 0.220 e. The third-order valence-electron chi connectivity index (χ3n) is 5.78. The van der Waals surface area contributed by atoms with Gasteiger partial charge in [0.25, 0.3) is 0 Å². The number of aromatic nitrogens is 2. The Balaban J connectivity index is 1.18. The van der Waals surface area contributed by atoms with Crippen LogP contribution < -0.4 is 15.5 Å². The number of nitrogens with one attached hydrogen (secondary N) is 2. The van der Waals surface area contributed by atoms with Crippen molar-refractivity contribution in [1.82, 2.24) is 15.3 Å². The zero-order chi connectivity index (χ0) is 20.9. The zero-order valence-corrected chi connectivity index (χ0v) is 16.9. The standard InChI is InChI=1S/C22H27F2N5O/c23-17-2-5-19(24)16(11-17)13-25-22(30)6-1-15-7-9-29(10-8-15)21-12-20(26-14-27-21)28-18-3-4-18/h2,5,11-12,14-15,18H,1,3-4,6-10,13H2,(H,25,30)(H,26,27,28). The van der Waals surface area contributed by atoms with E-state index < -0.39 is 11.6 Å². The van der Waals surface area contributed by atoms with E-state index >= 15 is 0 Å². The fourth-order valence-electron chi connectivity index (χ4n) is 3.78. The summed E-state index contributed by atoms with van der Waals surface area (Å²) >= 11 is 0. The second-order valence-corrected chi connectivity index (χ2v) is 8.16. The Kier molecular flexibility index (Phi) is 6.40. The van der Waals surface area contributed by atoms with Gasteiger partial charge in [0.2, 0.25) is 5.91 Å². The molecule has 1 aromatic carbocycles. The van der Waals surface area contributed by atoms with Crippen LogP contribution in [0.5, 0.6) is 0 Å². The van der Waals surface area contributed by atoms with E-state index in [9.17, 15) is 13.6 Å². The highest BCUT2D eigenvalue weighted by Crippen LogP contribution is 2.28. The van der Waals surface area contributed by atoms with Crippen LogP contribution in [0.4, 0.5) is 20.4 Å². The molecule has 160 valence electrons. The van der Waals surface area contributed by atoms with Crippen LogP contribution >= 0.6 is 0 Å².